The molecule has 2 aromatic heterocycles. The third-order valence-corrected chi connectivity index (χ3v) is 5.93. The van der Waals surface area contributed by atoms with Gasteiger partial charge in [0.05, 0.1) is 11.6 Å². The van der Waals surface area contributed by atoms with E-state index in [0.29, 0.717) is 27.8 Å². The highest BCUT2D eigenvalue weighted by Crippen LogP contribution is 2.26. The van der Waals surface area contributed by atoms with Gasteiger partial charge in [0.1, 0.15) is 6.54 Å². The molecule has 1 aliphatic rings. The molecule has 1 saturated heterocycles. The molecule has 0 spiro atoms. The largest absolute Gasteiger partial charge is 0.480 e. The standard InChI is InChI=1S/C20H20Cl2N4O3/c21-14-4-3-13(16(22)10-14)5-8-24-9-6-15(11-24)26-19-17(2-1-7-23-19)25(20(26)29)12-18(27)28/h1-4,7,10,15H,5-6,8-9,11-12H2,(H,27,28). The van der Waals surface area contributed by atoms with Gasteiger partial charge in [-0.1, -0.05) is 29.3 Å². The first-order valence-electron chi connectivity index (χ1n) is 9.38. The van der Waals surface area contributed by atoms with Crippen molar-refractivity contribution in [3.8, 4) is 0 Å². The van der Waals surface area contributed by atoms with Crippen LogP contribution in [-0.2, 0) is 17.8 Å². The smallest absolute Gasteiger partial charge is 0.331 e. The molecule has 1 fully saturated rings. The number of carbonyl (C=O) groups is 1. The van der Waals surface area contributed by atoms with Crippen molar-refractivity contribution in [2.45, 2.75) is 25.4 Å². The van der Waals surface area contributed by atoms with Crippen LogP contribution in [0.15, 0.2) is 41.3 Å². The van der Waals surface area contributed by atoms with Gasteiger partial charge in [0.15, 0.2) is 5.65 Å². The summed E-state index contributed by atoms with van der Waals surface area (Å²) in [4.78, 5) is 30.8. The molecule has 0 saturated carbocycles. The van der Waals surface area contributed by atoms with E-state index in [0.717, 1.165) is 31.5 Å². The number of pyridine rings is 1. The maximum atomic E-state index is 12.9. The van der Waals surface area contributed by atoms with Crippen LogP contribution in [0.5, 0.6) is 0 Å². The Balaban J connectivity index is 1.53. The zero-order chi connectivity index (χ0) is 20.5. The van der Waals surface area contributed by atoms with Crippen LogP contribution in [0.4, 0.5) is 0 Å². The first-order chi connectivity index (χ1) is 13.9. The fraction of sp³-hybridized carbons (Fsp3) is 0.350. The van der Waals surface area contributed by atoms with Gasteiger partial charge in [-0.15, -0.1) is 0 Å². The number of aliphatic carboxylic acids is 1. The minimum atomic E-state index is -1.05. The Hall–Kier alpha value is -2.35. The number of hydrogen-bond donors (Lipinski definition) is 1. The number of imidazole rings is 1. The first-order valence-corrected chi connectivity index (χ1v) is 10.1. The van der Waals surface area contributed by atoms with E-state index in [-0.39, 0.29) is 18.3 Å². The van der Waals surface area contributed by atoms with Gasteiger partial charge in [-0.05, 0) is 42.7 Å². The van der Waals surface area contributed by atoms with Crippen molar-refractivity contribution in [1.82, 2.24) is 19.0 Å². The zero-order valence-corrected chi connectivity index (χ0v) is 17.1. The second kappa shape index (κ2) is 8.18. The van der Waals surface area contributed by atoms with Crippen molar-refractivity contribution in [1.29, 1.82) is 0 Å². The summed E-state index contributed by atoms with van der Waals surface area (Å²) in [7, 11) is 0. The van der Waals surface area contributed by atoms with Gasteiger partial charge < -0.3 is 10.0 Å². The maximum absolute atomic E-state index is 12.9. The van der Waals surface area contributed by atoms with Gasteiger partial charge >= 0.3 is 11.7 Å². The third kappa shape index (κ3) is 4.03. The molecule has 0 aliphatic carbocycles. The van der Waals surface area contributed by atoms with Crippen molar-refractivity contribution in [3.63, 3.8) is 0 Å². The van der Waals surface area contributed by atoms with Crippen LogP contribution < -0.4 is 5.69 Å². The molecule has 1 unspecified atom stereocenters. The van der Waals surface area contributed by atoms with E-state index in [1.54, 1.807) is 29.0 Å². The number of aromatic nitrogens is 3. The molecule has 0 amide bonds. The number of nitrogens with zero attached hydrogens (tertiary/aromatic N) is 4. The number of benzene rings is 1. The zero-order valence-electron chi connectivity index (χ0n) is 15.6. The Bertz CT molecular complexity index is 1120. The van der Waals surface area contributed by atoms with Crippen molar-refractivity contribution in [2.75, 3.05) is 19.6 Å². The maximum Gasteiger partial charge on any atom is 0.331 e. The monoisotopic (exact) mass is 434 g/mol. The van der Waals surface area contributed by atoms with E-state index >= 15 is 0 Å². The Morgan fingerprint density at radius 1 is 1.28 bits per heavy atom. The lowest BCUT2D eigenvalue weighted by molar-refractivity contribution is -0.137. The number of carboxylic acid groups (broad SMARTS) is 1. The highest BCUT2D eigenvalue weighted by atomic mass is 35.5. The van der Waals surface area contributed by atoms with Gasteiger partial charge in [0, 0.05) is 35.9 Å². The number of halogens is 2. The van der Waals surface area contributed by atoms with E-state index in [9.17, 15) is 9.59 Å². The molecule has 4 rings (SSSR count). The van der Waals surface area contributed by atoms with E-state index in [1.165, 1.54) is 4.57 Å². The van der Waals surface area contributed by atoms with Gasteiger partial charge in [-0.3, -0.25) is 13.9 Å². The van der Waals surface area contributed by atoms with E-state index in [1.807, 2.05) is 12.1 Å². The molecule has 1 aromatic carbocycles. The van der Waals surface area contributed by atoms with E-state index in [4.69, 9.17) is 28.3 Å². The van der Waals surface area contributed by atoms with Crippen molar-refractivity contribution in [2.24, 2.45) is 0 Å². The summed E-state index contributed by atoms with van der Waals surface area (Å²) in [6.45, 7) is 1.99. The quantitative estimate of drug-likeness (QED) is 0.644. The highest BCUT2D eigenvalue weighted by Gasteiger charge is 2.28. The van der Waals surface area contributed by atoms with Crippen molar-refractivity contribution < 1.29 is 9.90 Å². The Morgan fingerprint density at radius 3 is 2.86 bits per heavy atom. The summed E-state index contributed by atoms with van der Waals surface area (Å²) in [5.41, 5.74) is 1.79. The number of carboxylic acids is 1. The summed E-state index contributed by atoms with van der Waals surface area (Å²) < 4.78 is 2.92. The van der Waals surface area contributed by atoms with Crippen LogP contribution in [0.1, 0.15) is 18.0 Å². The molecule has 1 aliphatic heterocycles. The predicted octanol–water partition coefficient (Wildman–Crippen LogP) is 3.08. The molecule has 9 heteroatoms. The minimum Gasteiger partial charge on any atom is -0.480 e. The molecule has 29 heavy (non-hydrogen) atoms. The third-order valence-electron chi connectivity index (χ3n) is 5.34. The van der Waals surface area contributed by atoms with Crippen LogP contribution in [-0.4, -0.2) is 49.7 Å². The fourth-order valence-electron chi connectivity index (χ4n) is 3.95. The van der Waals surface area contributed by atoms with Gasteiger partial charge in [-0.25, -0.2) is 9.78 Å². The lowest BCUT2D eigenvalue weighted by Gasteiger charge is -2.17. The summed E-state index contributed by atoms with van der Waals surface area (Å²) in [6.07, 6.45) is 3.21. The highest BCUT2D eigenvalue weighted by molar-refractivity contribution is 6.35. The molecular formula is C20H20Cl2N4O3. The average Bonchev–Trinajstić information content (AvgIpc) is 3.24. The molecule has 3 heterocycles. The molecule has 1 N–H and O–H groups in total. The molecule has 7 nitrogen and oxygen atoms in total. The number of likely N-dealkylation sites (tertiary alicyclic amines) is 1. The Labute approximate surface area is 177 Å². The van der Waals surface area contributed by atoms with Crippen molar-refractivity contribution in [3.05, 3.63) is 62.6 Å². The van der Waals surface area contributed by atoms with Gasteiger partial charge in [0.2, 0.25) is 0 Å². The van der Waals surface area contributed by atoms with Crippen LogP contribution in [0.3, 0.4) is 0 Å². The molecule has 3 aromatic rings. The summed E-state index contributed by atoms with van der Waals surface area (Å²) in [5.74, 6) is -1.05. The lowest BCUT2D eigenvalue weighted by Crippen LogP contribution is -2.31. The summed E-state index contributed by atoms with van der Waals surface area (Å²) in [5, 5.41) is 10.4. The molecule has 152 valence electrons. The predicted molar refractivity (Wildman–Crippen MR) is 112 cm³/mol. The summed E-state index contributed by atoms with van der Waals surface area (Å²) >= 11 is 12.2. The molecular weight excluding hydrogens is 415 g/mol. The van der Waals surface area contributed by atoms with Crippen LogP contribution in [0.25, 0.3) is 11.2 Å². The Kier molecular flexibility index (Phi) is 5.63. The lowest BCUT2D eigenvalue weighted by atomic mass is 10.1. The van der Waals surface area contributed by atoms with Crippen molar-refractivity contribution >= 4 is 40.3 Å². The van der Waals surface area contributed by atoms with Gasteiger partial charge in [0.25, 0.3) is 0 Å². The molecule has 0 bridgehead atoms. The van der Waals surface area contributed by atoms with Gasteiger partial charge in [-0.2, -0.15) is 0 Å². The normalized spacial score (nSPS) is 17.2. The number of rotatable bonds is 6. The van der Waals surface area contributed by atoms with Crippen LogP contribution in [0, 0.1) is 0 Å². The summed E-state index contributed by atoms with van der Waals surface area (Å²) in [6, 6.07) is 8.91. The second-order valence-corrected chi connectivity index (χ2v) is 8.05. The second-order valence-electron chi connectivity index (χ2n) is 7.21. The molecule has 1 atom stereocenters. The average molecular weight is 435 g/mol. The number of fused-ring (bicyclic) bond motifs is 1. The van der Waals surface area contributed by atoms with Crippen LogP contribution >= 0.6 is 23.2 Å². The Morgan fingerprint density at radius 2 is 2.10 bits per heavy atom. The number of hydrogen-bond acceptors (Lipinski definition) is 4. The molecule has 0 radical (unpaired) electrons. The SMILES string of the molecule is O=C(O)Cn1c(=O)n(C2CCN(CCc3ccc(Cl)cc3Cl)C2)c2ncccc21. The topological polar surface area (TPSA) is 80.4 Å². The first kappa shape index (κ1) is 19.9. The van der Waals surface area contributed by atoms with E-state index in [2.05, 4.69) is 9.88 Å². The van der Waals surface area contributed by atoms with Crippen LogP contribution in [0.2, 0.25) is 10.0 Å². The minimum absolute atomic E-state index is 0.0457. The fourth-order valence-corrected chi connectivity index (χ4v) is 4.46. The van der Waals surface area contributed by atoms with E-state index < -0.39 is 5.97 Å².